The number of carbonyl (C=O) groups excluding carboxylic acids is 4. The molecule has 0 aliphatic rings. The van der Waals surface area contributed by atoms with E-state index in [1.807, 2.05) is 0 Å². The van der Waals surface area contributed by atoms with Crippen molar-refractivity contribution in [2.45, 2.75) is 380 Å². The summed E-state index contributed by atoms with van der Waals surface area (Å²) in [5.74, 6) is -1.32. The molecule has 0 radical (unpaired) electrons. The lowest BCUT2D eigenvalue weighted by molar-refractivity contribution is -0.161. The summed E-state index contributed by atoms with van der Waals surface area (Å²) in [5.41, 5.74) is 0. The fourth-order valence-electron chi connectivity index (χ4n) is 10.6. The van der Waals surface area contributed by atoms with Gasteiger partial charge in [0.25, 0.3) is 0 Å². The van der Waals surface area contributed by atoms with Crippen LogP contribution in [0.5, 0.6) is 0 Å². The number of esters is 4. The number of ether oxygens (including phenoxy) is 4. The molecule has 0 saturated carbocycles. The Morgan fingerprint density at radius 3 is 0.764 bits per heavy atom. The number of phosphoric ester groups is 2. The van der Waals surface area contributed by atoms with Crippen molar-refractivity contribution in [2.75, 3.05) is 39.6 Å². The predicted molar refractivity (Wildman–Crippen MR) is 358 cm³/mol. The number of unbranched alkanes of at least 4 members (excludes halogenated alkanes) is 42. The molecule has 0 aliphatic heterocycles. The largest absolute Gasteiger partial charge is 0.472 e. The predicted octanol–water partition coefficient (Wildman–Crippen LogP) is 20.1. The van der Waals surface area contributed by atoms with E-state index < -0.39 is 97.5 Å². The van der Waals surface area contributed by atoms with Gasteiger partial charge in [0.2, 0.25) is 0 Å². The second-order valence-corrected chi connectivity index (χ2v) is 28.7. The van der Waals surface area contributed by atoms with Crippen LogP contribution in [0.1, 0.15) is 362 Å². The molecule has 528 valence electrons. The summed E-state index contributed by atoms with van der Waals surface area (Å²) < 4.78 is 68.1. The minimum absolute atomic E-state index is 0.107. The lowest BCUT2D eigenvalue weighted by atomic mass is 10.0. The van der Waals surface area contributed by atoms with Crippen molar-refractivity contribution < 1.29 is 80.2 Å². The molecule has 19 heteroatoms. The Balaban J connectivity index is 5.14. The van der Waals surface area contributed by atoms with Crippen LogP contribution in [0.4, 0.5) is 0 Å². The number of rotatable bonds is 70. The quantitative estimate of drug-likeness (QED) is 0.0222. The third-order valence-electron chi connectivity index (χ3n) is 16.3. The van der Waals surface area contributed by atoms with E-state index in [2.05, 4.69) is 34.6 Å². The molecule has 0 amide bonds. The molecule has 0 fully saturated rings. The van der Waals surface area contributed by atoms with Gasteiger partial charge in [-0.1, -0.05) is 311 Å². The van der Waals surface area contributed by atoms with Gasteiger partial charge in [-0.05, 0) is 31.6 Å². The first-order valence-corrected chi connectivity index (χ1v) is 39.6. The number of aliphatic hydroxyl groups is 1. The summed E-state index contributed by atoms with van der Waals surface area (Å²) in [6.45, 7) is 7.19. The summed E-state index contributed by atoms with van der Waals surface area (Å²) in [7, 11) is -9.89. The van der Waals surface area contributed by atoms with Gasteiger partial charge in [-0.15, -0.1) is 0 Å². The molecule has 0 heterocycles. The number of hydrogen-bond acceptors (Lipinski definition) is 15. The molecule has 0 saturated heterocycles. The molecule has 0 aliphatic carbocycles. The highest BCUT2D eigenvalue weighted by Gasteiger charge is 2.30. The normalized spacial score (nSPS) is 14.1. The van der Waals surface area contributed by atoms with Crippen molar-refractivity contribution in [1.82, 2.24) is 0 Å². The Morgan fingerprint density at radius 1 is 0.303 bits per heavy atom. The zero-order chi connectivity index (χ0) is 65.6. The monoisotopic (exact) mass is 1310 g/mol. The first-order chi connectivity index (χ1) is 43.0. The Hall–Kier alpha value is -1.94. The fraction of sp³-hybridized carbons (Fsp3) is 0.943. The third kappa shape index (κ3) is 64.6. The summed E-state index contributed by atoms with van der Waals surface area (Å²) in [6.07, 6.45) is 50.3. The van der Waals surface area contributed by atoms with E-state index in [-0.39, 0.29) is 25.7 Å². The maximum atomic E-state index is 13.0. The molecule has 17 nitrogen and oxygen atoms in total. The lowest BCUT2D eigenvalue weighted by Crippen LogP contribution is -2.30. The smallest absolute Gasteiger partial charge is 0.462 e. The van der Waals surface area contributed by atoms with Gasteiger partial charge in [0, 0.05) is 25.7 Å². The first-order valence-electron chi connectivity index (χ1n) is 36.6. The van der Waals surface area contributed by atoms with Gasteiger partial charge in [0.15, 0.2) is 12.2 Å². The SMILES string of the molecule is CCCCCCCCCCCCCCCC(=O)OC[C@H](COP(=O)(O)OC[C@@H](O)COP(=O)(O)OC[C@@H](COC(=O)CCCCCCC)OC(=O)CCCCCCCCCCCCCC)OC(=O)CCCCCCCCCCCCCCCCCCC(C)C. The van der Waals surface area contributed by atoms with Crippen LogP contribution in [0, 0.1) is 5.92 Å². The number of hydrogen-bond donors (Lipinski definition) is 3. The van der Waals surface area contributed by atoms with E-state index in [1.165, 1.54) is 180 Å². The average Bonchev–Trinajstić information content (AvgIpc) is 3.63. The van der Waals surface area contributed by atoms with Gasteiger partial charge in [0.05, 0.1) is 26.4 Å². The Morgan fingerprint density at radius 2 is 0.517 bits per heavy atom. The minimum atomic E-state index is -4.95. The molecule has 5 atom stereocenters. The van der Waals surface area contributed by atoms with E-state index in [4.69, 9.17) is 37.0 Å². The van der Waals surface area contributed by atoms with Crippen LogP contribution in [0.3, 0.4) is 0 Å². The van der Waals surface area contributed by atoms with E-state index in [1.54, 1.807) is 0 Å². The molecule has 89 heavy (non-hydrogen) atoms. The number of carbonyl (C=O) groups is 4. The van der Waals surface area contributed by atoms with Crippen molar-refractivity contribution in [3.63, 3.8) is 0 Å². The zero-order valence-corrected chi connectivity index (χ0v) is 59.4. The van der Waals surface area contributed by atoms with Crippen molar-refractivity contribution >= 4 is 39.5 Å². The van der Waals surface area contributed by atoms with Crippen molar-refractivity contribution in [3.05, 3.63) is 0 Å². The third-order valence-corrected chi connectivity index (χ3v) is 18.2. The summed E-state index contributed by atoms with van der Waals surface area (Å²) in [5, 5.41) is 10.6. The molecule has 3 N–H and O–H groups in total. The summed E-state index contributed by atoms with van der Waals surface area (Å²) >= 11 is 0. The van der Waals surface area contributed by atoms with E-state index in [0.29, 0.717) is 25.7 Å². The molecule has 0 aromatic carbocycles. The van der Waals surface area contributed by atoms with Gasteiger partial charge in [-0.25, -0.2) is 9.13 Å². The minimum Gasteiger partial charge on any atom is -0.462 e. The maximum Gasteiger partial charge on any atom is 0.472 e. The van der Waals surface area contributed by atoms with E-state index in [9.17, 15) is 43.2 Å². The summed E-state index contributed by atoms with van der Waals surface area (Å²) in [6, 6.07) is 0. The zero-order valence-electron chi connectivity index (χ0n) is 57.6. The molecule has 0 bridgehead atoms. The molecule has 0 aromatic heterocycles. The van der Waals surface area contributed by atoms with Crippen molar-refractivity contribution in [3.8, 4) is 0 Å². The van der Waals surface area contributed by atoms with Gasteiger partial charge >= 0.3 is 39.5 Å². The van der Waals surface area contributed by atoms with Crippen molar-refractivity contribution in [2.24, 2.45) is 5.92 Å². The Bertz CT molecular complexity index is 1720. The van der Waals surface area contributed by atoms with Crippen LogP contribution < -0.4 is 0 Å². The number of phosphoric acid groups is 2. The lowest BCUT2D eigenvalue weighted by Gasteiger charge is -2.21. The molecular weight excluding hydrogens is 1170 g/mol. The summed E-state index contributed by atoms with van der Waals surface area (Å²) in [4.78, 5) is 72.3. The van der Waals surface area contributed by atoms with Crippen LogP contribution >= 0.6 is 15.6 Å². The van der Waals surface area contributed by atoms with Crippen LogP contribution in [0.15, 0.2) is 0 Å². The van der Waals surface area contributed by atoms with Crippen LogP contribution in [-0.4, -0.2) is 96.7 Å². The van der Waals surface area contributed by atoms with E-state index in [0.717, 1.165) is 102 Å². The molecule has 0 aromatic rings. The van der Waals surface area contributed by atoms with Gasteiger partial charge < -0.3 is 33.8 Å². The topological polar surface area (TPSA) is 237 Å². The second kappa shape index (κ2) is 63.5. The highest BCUT2D eigenvalue weighted by molar-refractivity contribution is 7.47. The van der Waals surface area contributed by atoms with Gasteiger partial charge in [0.1, 0.15) is 19.3 Å². The van der Waals surface area contributed by atoms with Crippen LogP contribution in [-0.2, 0) is 65.4 Å². The Labute approximate surface area is 543 Å². The fourth-order valence-corrected chi connectivity index (χ4v) is 12.2. The van der Waals surface area contributed by atoms with Crippen LogP contribution in [0.25, 0.3) is 0 Å². The van der Waals surface area contributed by atoms with Crippen LogP contribution in [0.2, 0.25) is 0 Å². The maximum absolute atomic E-state index is 13.0. The average molecular weight is 1310 g/mol. The standard InChI is InChI=1S/C70H136O17P2/c1-6-9-12-15-17-19-21-27-32-35-39-44-49-54-68(73)81-60-66(87-70(75)56-51-46-41-37-33-29-26-24-23-25-28-30-34-38-43-47-52-63(4)5)62-85-89(78,79)83-58-64(71)57-82-88(76,77)84-61-65(59-80-67(72)53-48-42-14-11-8-3)86-69(74)55-50-45-40-36-31-22-20-18-16-13-10-7-2/h63-66,71H,6-62H2,1-5H3,(H,76,77)(H,78,79)/t64-,65+,66+/m0/s1. The van der Waals surface area contributed by atoms with Crippen molar-refractivity contribution in [1.29, 1.82) is 0 Å². The molecule has 0 spiro atoms. The Kier molecular flexibility index (Phi) is 62.1. The van der Waals surface area contributed by atoms with E-state index >= 15 is 0 Å². The highest BCUT2D eigenvalue weighted by atomic mass is 31.2. The molecular formula is C70H136O17P2. The second-order valence-electron chi connectivity index (χ2n) is 25.7. The highest BCUT2D eigenvalue weighted by Crippen LogP contribution is 2.45. The van der Waals surface area contributed by atoms with Gasteiger partial charge in [-0.2, -0.15) is 0 Å². The number of aliphatic hydroxyl groups excluding tert-OH is 1. The van der Waals surface area contributed by atoms with Gasteiger partial charge in [-0.3, -0.25) is 37.3 Å². The molecule has 0 rings (SSSR count). The molecule has 2 unspecified atom stereocenters. The first kappa shape index (κ1) is 87.1.